The van der Waals surface area contributed by atoms with E-state index in [2.05, 4.69) is 97.1 Å². The number of benzene rings is 3. The number of hydrogen-bond acceptors (Lipinski definition) is 5. The molecule has 4 nitrogen and oxygen atoms in total. The van der Waals surface area contributed by atoms with Crippen LogP contribution in [0.2, 0.25) is 0 Å². The lowest BCUT2D eigenvalue weighted by atomic mass is 9.84. The normalized spacial score (nSPS) is 11.8. The van der Waals surface area contributed by atoms with Crippen LogP contribution in [0.25, 0.3) is 0 Å². The van der Waals surface area contributed by atoms with Gasteiger partial charge in [-0.05, 0) is 49.6 Å². The van der Waals surface area contributed by atoms with Crippen LogP contribution < -0.4 is 0 Å². The van der Waals surface area contributed by atoms with Crippen molar-refractivity contribution in [1.29, 1.82) is 0 Å². The molecule has 0 bridgehead atoms. The summed E-state index contributed by atoms with van der Waals surface area (Å²) in [4.78, 5) is 23.1. The summed E-state index contributed by atoms with van der Waals surface area (Å²) < 4.78 is -0.457. The fraction of sp³-hybridized carbons (Fsp3) is 0.250. The standard InChI is InChI=1S/C32H34N2O2S2/c1-31(2,3)36-34(25-35)22-23-37-24-29-30(20-13-21-33-29)38-32(26-14-7-4-8-15-26,27-16-9-5-10-17-27)28-18-11-6-12-19-28/h4-21,25H,22-24H2,1-3H3. The van der Waals surface area contributed by atoms with Gasteiger partial charge < -0.3 is 0 Å². The molecule has 196 valence electrons. The number of thioether (sulfide) groups is 2. The molecule has 0 radical (unpaired) electrons. The van der Waals surface area contributed by atoms with Gasteiger partial charge in [0.15, 0.2) is 0 Å². The Bertz CT molecular complexity index is 1180. The minimum Gasteiger partial charge on any atom is -0.276 e. The Balaban J connectivity index is 1.65. The number of carbonyl (C=O) groups excluding carboxylic acids is 1. The Morgan fingerprint density at radius 2 is 1.32 bits per heavy atom. The Kier molecular flexibility index (Phi) is 9.67. The lowest BCUT2D eigenvalue weighted by Gasteiger charge is -2.35. The van der Waals surface area contributed by atoms with Gasteiger partial charge in [0, 0.05) is 22.6 Å². The van der Waals surface area contributed by atoms with E-state index in [1.165, 1.54) is 21.8 Å². The van der Waals surface area contributed by atoms with E-state index in [4.69, 9.17) is 9.82 Å². The van der Waals surface area contributed by atoms with Crippen molar-refractivity contribution < 1.29 is 9.63 Å². The topological polar surface area (TPSA) is 42.4 Å². The predicted octanol–water partition coefficient (Wildman–Crippen LogP) is 7.59. The van der Waals surface area contributed by atoms with Crippen molar-refractivity contribution in [1.82, 2.24) is 10.0 Å². The molecule has 0 N–H and O–H groups in total. The maximum absolute atomic E-state index is 11.4. The number of amides is 1. The lowest BCUT2D eigenvalue weighted by molar-refractivity contribution is -0.213. The highest BCUT2D eigenvalue weighted by molar-refractivity contribution is 8.01. The van der Waals surface area contributed by atoms with Gasteiger partial charge in [0.2, 0.25) is 6.41 Å². The molecule has 0 aliphatic rings. The van der Waals surface area contributed by atoms with Crippen molar-refractivity contribution in [2.75, 3.05) is 12.3 Å². The van der Waals surface area contributed by atoms with Crippen LogP contribution in [0.4, 0.5) is 0 Å². The first-order chi connectivity index (χ1) is 18.4. The van der Waals surface area contributed by atoms with Gasteiger partial charge in [-0.3, -0.25) is 14.6 Å². The van der Waals surface area contributed by atoms with Gasteiger partial charge in [0.25, 0.3) is 0 Å². The van der Waals surface area contributed by atoms with Crippen molar-refractivity contribution in [2.45, 2.75) is 41.8 Å². The van der Waals surface area contributed by atoms with Crippen molar-refractivity contribution >= 4 is 29.9 Å². The minimum absolute atomic E-state index is 0.411. The molecule has 38 heavy (non-hydrogen) atoms. The van der Waals surface area contributed by atoms with E-state index in [0.717, 1.165) is 28.5 Å². The smallest absolute Gasteiger partial charge is 0.233 e. The van der Waals surface area contributed by atoms with Gasteiger partial charge in [0.1, 0.15) is 0 Å². The van der Waals surface area contributed by atoms with Gasteiger partial charge in [-0.15, -0.1) is 11.8 Å². The zero-order valence-electron chi connectivity index (χ0n) is 22.1. The summed E-state index contributed by atoms with van der Waals surface area (Å²) in [6.45, 7) is 6.33. The second-order valence-corrected chi connectivity index (χ2v) is 12.2. The highest BCUT2D eigenvalue weighted by Crippen LogP contribution is 2.52. The van der Waals surface area contributed by atoms with Gasteiger partial charge in [0.05, 0.1) is 22.6 Å². The van der Waals surface area contributed by atoms with E-state index in [9.17, 15) is 4.79 Å². The summed E-state index contributed by atoms with van der Waals surface area (Å²) in [6, 6.07) is 36.3. The molecule has 3 aromatic carbocycles. The molecule has 6 heteroatoms. The first-order valence-corrected chi connectivity index (χ1v) is 14.7. The zero-order chi connectivity index (χ0) is 26.8. The molecule has 0 saturated heterocycles. The maximum Gasteiger partial charge on any atom is 0.233 e. The summed E-state index contributed by atoms with van der Waals surface area (Å²) in [7, 11) is 0. The fourth-order valence-electron chi connectivity index (χ4n) is 4.28. The number of nitrogens with zero attached hydrogens (tertiary/aromatic N) is 2. The quantitative estimate of drug-likeness (QED) is 0.0607. The number of pyridine rings is 1. The van der Waals surface area contributed by atoms with E-state index < -0.39 is 10.3 Å². The number of hydroxylamine groups is 2. The van der Waals surface area contributed by atoms with Crippen LogP contribution >= 0.6 is 23.5 Å². The van der Waals surface area contributed by atoms with Crippen molar-refractivity contribution in [3.8, 4) is 0 Å². The van der Waals surface area contributed by atoms with Gasteiger partial charge in [-0.1, -0.05) is 91.0 Å². The Morgan fingerprint density at radius 1 is 0.789 bits per heavy atom. The second-order valence-electron chi connectivity index (χ2n) is 9.83. The largest absolute Gasteiger partial charge is 0.276 e. The Labute approximate surface area is 234 Å². The highest BCUT2D eigenvalue weighted by Gasteiger charge is 2.38. The van der Waals surface area contributed by atoms with Gasteiger partial charge >= 0.3 is 0 Å². The third-order valence-corrected chi connectivity index (χ3v) is 8.41. The molecule has 0 unspecified atom stereocenters. The van der Waals surface area contributed by atoms with E-state index in [1.54, 1.807) is 11.8 Å². The monoisotopic (exact) mass is 542 g/mol. The van der Waals surface area contributed by atoms with Crippen LogP contribution in [0.15, 0.2) is 114 Å². The van der Waals surface area contributed by atoms with Crippen LogP contribution in [-0.2, 0) is 20.1 Å². The van der Waals surface area contributed by atoms with Gasteiger partial charge in [-0.2, -0.15) is 11.8 Å². The number of hydrogen-bond donors (Lipinski definition) is 0. The van der Waals surface area contributed by atoms with Crippen molar-refractivity contribution in [2.24, 2.45) is 0 Å². The Hall–Kier alpha value is -3.06. The van der Waals surface area contributed by atoms with Crippen molar-refractivity contribution in [3.63, 3.8) is 0 Å². The second kappa shape index (κ2) is 13.1. The van der Waals surface area contributed by atoms with Crippen molar-refractivity contribution in [3.05, 3.63) is 132 Å². The average Bonchev–Trinajstić information content (AvgIpc) is 2.95. The van der Waals surface area contributed by atoms with E-state index in [0.29, 0.717) is 6.54 Å². The third kappa shape index (κ3) is 7.07. The number of carbonyl (C=O) groups is 1. The summed E-state index contributed by atoms with van der Waals surface area (Å²) in [6.07, 6.45) is 2.61. The molecule has 0 aliphatic carbocycles. The maximum atomic E-state index is 11.4. The summed E-state index contributed by atoms with van der Waals surface area (Å²) in [5, 5.41) is 1.38. The van der Waals surface area contributed by atoms with E-state index in [1.807, 2.05) is 44.8 Å². The molecule has 1 heterocycles. The zero-order valence-corrected chi connectivity index (χ0v) is 23.8. The first-order valence-electron chi connectivity index (χ1n) is 12.7. The molecule has 0 atom stereocenters. The average molecular weight is 543 g/mol. The van der Waals surface area contributed by atoms with Crippen LogP contribution in [0.5, 0.6) is 0 Å². The fourth-order valence-corrected chi connectivity index (χ4v) is 6.73. The van der Waals surface area contributed by atoms with E-state index >= 15 is 0 Å². The number of rotatable bonds is 12. The van der Waals surface area contributed by atoms with E-state index in [-0.39, 0.29) is 0 Å². The molecule has 4 rings (SSSR count). The molecular formula is C32H34N2O2S2. The molecule has 0 saturated carbocycles. The number of aromatic nitrogens is 1. The summed E-state index contributed by atoms with van der Waals surface area (Å²) in [5.74, 6) is 1.48. The first kappa shape index (κ1) is 28.0. The van der Waals surface area contributed by atoms with Crippen LogP contribution in [0.1, 0.15) is 43.2 Å². The molecular weight excluding hydrogens is 508 g/mol. The minimum atomic E-state index is -0.457. The molecule has 1 amide bonds. The SMILES string of the molecule is CC(C)(C)ON(C=O)CCSCc1ncccc1SC(c1ccccc1)(c1ccccc1)c1ccccc1. The molecule has 1 aromatic heterocycles. The molecule has 0 aliphatic heterocycles. The lowest BCUT2D eigenvalue weighted by Crippen LogP contribution is -2.34. The third-order valence-electron chi connectivity index (χ3n) is 5.86. The predicted molar refractivity (Wildman–Crippen MR) is 159 cm³/mol. The Morgan fingerprint density at radius 3 is 1.79 bits per heavy atom. The summed E-state index contributed by atoms with van der Waals surface area (Å²) in [5.41, 5.74) is 4.26. The highest BCUT2D eigenvalue weighted by atomic mass is 32.2. The van der Waals surface area contributed by atoms with Crippen LogP contribution in [0, 0.1) is 0 Å². The molecule has 0 fully saturated rings. The van der Waals surface area contributed by atoms with Crippen LogP contribution in [0.3, 0.4) is 0 Å². The molecule has 4 aromatic rings. The van der Waals surface area contributed by atoms with Crippen LogP contribution in [-0.4, -0.2) is 34.4 Å². The summed E-state index contributed by atoms with van der Waals surface area (Å²) >= 11 is 3.58. The van der Waals surface area contributed by atoms with Gasteiger partial charge in [-0.25, -0.2) is 5.06 Å². The molecule has 0 spiro atoms.